The summed E-state index contributed by atoms with van der Waals surface area (Å²) in [4.78, 5) is 2.26. The molecular formula is C21H36ClN3O3S2. The number of anilines is 1. The molecular weight excluding hydrogens is 442 g/mol. The Labute approximate surface area is 194 Å². The summed E-state index contributed by atoms with van der Waals surface area (Å²) < 4.78 is 26.6. The molecule has 0 fully saturated rings. The summed E-state index contributed by atoms with van der Waals surface area (Å²) in [6.45, 7) is 13.7. The minimum atomic E-state index is -1.40. The number of nitrogens with zero attached hydrogens (tertiary/aromatic N) is 1. The van der Waals surface area contributed by atoms with E-state index in [1.807, 2.05) is 39.1 Å². The van der Waals surface area contributed by atoms with Crippen LogP contribution >= 0.6 is 23.4 Å². The van der Waals surface area contributed by atoms with Crippen LogP contribution in [0, 0.1) is 0 Å². The number of ether oxygens (including phenoxy) is 2. The van der Waals surface area contributed by atoms with Crippen LogP contribution in [-0.2, 0) is 15.7 Å². The molecule has 1 atom stereocenters. The Morgan fingerprint density at radius 3 is 2.70 bits per heavy atom. The summed E-state index contributed by atoms with van der Waals surface area (Å²) in [6.07, 6.45) is 1.68. The van der Waals surface area contributed by atoms with Gasteiger partial charge in [-0.3, -0.25) is 0 Å². The van der Waals surface area contributed by atoms with Crippen molar-refractivity contribution in [2.75, 3.05) is 57.7 Å². The third-order valence-corrected chi connectivity index (χ3v) is 6.14. The molecule has 30 heavy (non-hydrogen) atoms. The van der Waals surface area contributed by atoms with Gasteiger partial charge in [0, 0.05) is 50.9 Å². The number of nitrogens with one attached hydrogen (secondary N) is 2. The number of methoxy groups -OCH3 is 1. The number of halogens is 1. The highest BCUT2D eigenvalue weighted by molar-refractivity contribution is 8.18. The van der Waals surface area contributed by atoms with Crippen LogP contribution in [0.2, 0.25) is 0 Å². The van der Waals surface area contributed by atoms with Crippen molar-refractivity contribution < 1.29 is 13.7 Å². The zero-order valence-electron chi connectivity index (χ0n) is 18.7. The molecule has 0 radical (unpaired) electrons. The fraction of sp³-hybridized carbons (Fsp3) is 0.524. The number of benzene rings is 1. The van der Waals surface area contributed by atoms with E-state index >= 15 is 0 Å². The van der Waals surface area contributed by atoms with E-state index < -0.39 is 11.0 Å². The van der Waals surface area contributed by atoms with Gasteiger partial charge in [0.15, 0.2) is 5.09 Å². The van der Waals surface area contributed by atoms with E-state index in [9.17, 15) is 4.21 Å². The zero-order chi connectivity index (χ0) is 22.8. The molecule has 1 aromatic rings. The molecule has 0 aliphatic heterocycles. The predicted molar refractivity (Wildman–Crippen MR) is 134 cm³/mol. The van der Waals surface area contributed by atoms with Crippen LogP contribution < -0.4 is 19.7 Å². The van der Waals surface area contributed by atoms with Crippen LogP contribution in [0.4, 0.5) is 5.69 Å². The highest BCUT2D eigenvalue weighted by atomic mass is 35.5. The van der Waals surface area contributed by atoms with Crippen molar-refractivity contribution in [2.45, 2.75) is 20.8 Å². The molecule has 9 heteroatoms. The molecule has 2 N–H and O–H groups in total. The summed E-state index contributed by atoms with van der Waals surface area (Å²) >= 11 is 7.00. The van der Waals surface area contributed by atoms with E-state index in [0.717, 1.165) is 25.3 Å². The van der Waals surface area contributed by atoms with Crippen molar-refractivity contribution in [3.63, 3.8) is 0 Å². The molecule has 172 valence electrons. The van der Waals surface area contributed by atoms with Crippen LogP contribution in [0.5, 0.6) is 5.75 Å². The number of likely N-dealkylation sites (N-methyl/N-ethyl adjacent to an activating group) is 2. The van der Waals surface area contributed by atoms with E-state index in [1.54, 1.807) is 13.2 Å². The number of rotatable bonds is 15. The first kappa shape index (κ1) is 29.0. The van der Waals surface area contributed by atoms with Gasteiger partial charge < -0.3 is 19.7 Å². The quantitative estimate of drug-likeness (QED) is 0.223. The van der Waals surface area contributed by atoms with Crippen molar-refractivity contribution in [3.05, 3.63) is 46.2 Å². The maximum Gasteiger partial charge on any atom is 0.159 e. The molecule has 1 rings (SSSR count). The Kier molecular flexibility index (Phi) is 18.1. The Morgan fingerprint density at radius 1 is 1.37 bits per heavy atom. The Balaban J connectivity index is 0.00000407. The van der Waals surface area contributed by atoms with E-state index in [4.69, 9.17) is 21.1 Å². The second-order valence-electron chi connectivity index (χ2n) is 5.59. The predicted octanol–water partition coefficient (Wildman–Crippen LogP) is 4.32. The first-order valence-electron chi connectivity index (χ1n) is 10.00. The van der Waals surface area contributed by atoms with E-state index in [-0.39, 0.29) is 5.88 Å². The smallest absolute Gasteiger partial charge is 0.159 e. The molecule has 0 spiro atoms. The number of allylic oxidation sites excluding steroid dienone is 1. The van der Waals surface area contributed by atoms with Gasteiger partial charge in [-0.2, -0.15) is 0 Å². The number of alkyl halides is 1. The van der Waals surface area contributed by atoms with Crippen molar-refractivity contribution in [2.24, 2.45) is 0 Å². The summed E-state index contributed by atoms with van der Waals surface area (Å²) in [5, 5.41) is 3.59. The van der Waals surface area contributed by atoms with Gasteiger partial charge in [-0.05, 0) is 50.5 Å². The largest absolute Gasteiger partial charge is 0.451 e. The fourth-order valence-electron chi connectivity index (χ4n) is 2.25. The lowest BCUT2D eigenvalue weighted by Gasteiger charge is -2.23. The average molecular weight is 478 g/mol. The average Bonchev–Trinajstić information content (AvgIpc) is 2.75. The molecule has 0 aromatic heterocycles. The SMILES string of the molecule is C=C(Oc1cccc(N(CC)CCNC)c1)S/C(=C\CCl)S(=O)NCCOC.CC. The lowest BCUT2D eigenvalue weighted by atomic mass is 10.2. The molecule has 1 aromatic carbocycles. The Bertz CT molecular complexity index is 660. The second-order valence-corrected chi connectivity index (χ2v) is 8.52. The molecule has 1 unspecified atom stereocenters. The fourth-order valence-corrected chi connectivity index (χ4v) is 4.52. The van der Waals surface area contributed by atoms with Gasteiger partial charge in [0.1, 0.15) is 16.7 Å². The van der Waals surface area contributed by atoms with E-state index in [2.05, 4.69) is 34.5 Å². The molecule has 0 saturated heterocycles. The van der Waals surface area contributed by atoms with Crippen LogP contribution in [0.1, 0.15) is 20.8 Å². The van der Waals surface area contributed by atoms with Crippen molar-refractivity contribution >= 4 is 40.0 Å². The lowest BCUT2D eigenvalue weighted by molar-refractivity contribution is 0.205. The van der Waals surface area contributed by atoms with Gasteiger partial charge in [0.2, 0.25) is 0 Å². The molecule has 0 aliphatic carbocycles. The Morgan fingerprint density at radius 2 is 2.10 bits per heavy atom. The molecule has 0 saturated carbocycles. The van der Waals surface area contributed by atoms with Crippen LogP contribution in [-0.4, -0.2) is 57.0 Å². The first-order chi connectivity index (χ1) is 14.5. The van der Waals surface area contributed by atoms with Gasteiger partial charge in [0.25, 0.3) is 0 Å². The monoisotopic (exact) mass is 477 g/mol. The van der Waals surface area contributed by atoms with Crippen LogP contribution in [0.25, 0.3) is 0 Å². The van der Waals surface area contributed by atoms with Crippen LogP contribution in [0.3, 0.4) is 0 Å². The molecule has 6 nitrogen and oxygen atoms in total. The Hall–Kier alpha value is -1.03. The maximum atomic E-state index is 12.4. The van der Waals surface area contributed by atoms with Crippen molar-refractivity contribution in [1.29, 1.82) is 0 Å². The first-order valence-corrected chi connectivity index (χ1v) is 12.5. The zero-order valence-corrected chi connectivity index (χ0v) is 21.1. The third-order valence-electron chi connectivity index (χ3n) is 3.61. The summed E-state index contributed by atoms with van der Waals surface area (Å²) in [7, 11) is 2.13. The molecule has 0 amide bonds. The third kappa shape index (κ3) is 12.0. The van der Waals surface area contributed by atoms with Crippen molar-refractivity contribution in [3.8, 4) is 5.75 Å². The number of hydrogen-bond donors (Lipinski definition) is 2. The minimum absolute atomic E-state index is 0.250. The number of hydrogen-bond acceptors (Lipinski definition) is 6. The second kappa shape index (κ2) is 18.7. The minimum Gasteiger partial charge on any atom is -0.451 e. The number of thioether (sulfide) groups is 1. The van der Waals surface area contributed by atoms with Gasteiger partial charge in [0.05, 0.1) is 10.8 Å². The summed E-state index contributed by atoms with van der Waals surface area (Å²) in [5.74, 6) is 0.931. The molecule has 0 heterocycles. The van der Waals surface area contributed by atoms with Crippen molar-refractivity contribution in [1.82, 2.24) is 10.0 Å². The van der Waals surface area contributed by atoms with Gasteiger partial charge in [-0.15, -0.1) is 11.6 Å². The maximum absolute atomic E-state index is 12.4. The molecule has 0 bridgehead atoms. The summed E-state index contributed by atoms with van der Waals surface area (Å²) in [6, 6.07) is 7.85. The standard InChI is InChI=1S/C19H30ClN3O3S2.C2H6/c1-5-23(13-11-21-3)17-7-6-8-18(15-17)26-16(2)27-19(9-10-20)28(24)22-12-14-25-4;1-2/h6-9,15,21-22H,2,5,10-14H2,1,3-4H3;1-2H3/b19-9+;. The highest BCUT2D eigenvalue weighted by Crippen LogP contribution is 2.30. The normalized spacial score (nSPS) is 12.0. The topological polar surface area (TPSA) is 62.8 Å². The lowest BCUT2D eigenvalue weighted by Crippen LogP contribution is -2.30. The molecule has 0 aliphatic rings. The summed E-state index contributed by atoms with van der Waals surface area (Å²) in [5.41, 5.74) is 1.08. The highest BCUT2D eigenvalue weighted by Gasteiger charge is 2.12. The van der Waals surface area contributed by atoms with Crippen LogP contribution in [0.15, 0.2) is 46.2 Å². The van der Waals surface area contributed by atoms with Gasteiger partial charge in [-0.25, -0.2) is 8.93 Å². The van der Waals surface area contributed by atoms with Gasteiger partial charge in [-0.1, -0.05) is 19.9 Å². The van der Waals surface area contributed by atoms with E-state index in [0.29, 0.717) is 28.2 Å². The van der Waals surface area contributed by atoms with Gasteiger partial charge >= 0.3 is 0 Å². The van der Waals surface area contributed by atoms with E-state index in [1.165, 1.54) is 11.8 Å².